The number of nitrogens with one attached hydrogen (secondary N) is 1. The Morgan fingerprint density at radius 2 is 1.87 bits per heavy atom. The third kappa shape index (κ3) is 4.94. The van der Waals surface area contributed by atoms with Crippen molar-refractivity contribution in [3.05, 3.63) is 53.6 Å². The summed E-state index contributed by atoms with van der Waals surface area (Å²) in [4.78, 5) is 12.8. The minimum atomic E-state index is -3.59. The van der Waals surface area contributed by atoms with Crippen LogP contribution < -0.4 is 5.32 Å². The van der Waals surface area contributed by atoms with Crippen LogP contribution in [-0.4, -0.2) is 58.2 Å². The molecule has 0 aliphatic rings. The summed E-state index contributed by atoms with van der Waals surface area (Å²) < 4.78 is 27.4. The number of anilines is 1. The lowest BCUT2D eigenvalue weighted by Gasteiger charge is -2.15. The van der Waals surface area contributed by atoms with Crippen LogP contribution in [0.1, 0.15) is 18.1 Å². The second-order valence-corrected chi connectivity index (χ2v) is 10.6. The summed E-state index contributed by atoms with van der Waals surface area (Å²) in [7, 11) is -0.678. The lowest BCUT2D eigenvalue weighted by molar-refractivity contribution is -0.115. The number of nitrogens with zero attached hydrogens (tertiary/aromatic N) is 5. The fourth-order valence-corrected chi connectivity index (χ4v) is 4.52. The zero-order chi connectivity index (χ0) is 22.8. The summed E-state index contributed by atoms with van der Waals surface area (Å²) in [5.74, 6) is -0.292. The number of amides is 1. The first-order valence-electron chi connectivity index (χ1n) is 9.46. The number of rotatable bonds is 7. The number of aromatic nitrogens is 4. The van der Waals surface area contributed by atoms with Crippen LogP contribution in [0.4, 0.5) is 5.69 Å². The second-order valence-electron chi connectivity index (χ2n) is 7.16. The van der Waals surface area contributed by atoms with E-state index in [9.17, 15) is 13.2 Å². The molecule has 11 heteroatoms. The van der Waals surface area contributed by atoms with Gasteiger partial charge in [-0.25, -0.2) is 12.7 Å². The summed E-state index contributed by atoms with van der Waals surface area (Å²) in [6, 6.07) is 12.0. The number of hydrogen-bond donors (Lipinski definition) is 1. The van der Waals surface area contributed by atoms with Crippen molar-refractivity contribution in [1.82, 2.24) is 24.5 Å². The van der Waals surface area contributed by atoms with Crippen LogP contribution in [0.5, 0.6) is 0 Å². The highest BCUT2D eigenvalue weighted by Gasteiger charge is 2.22. The van der Waals surface area contributed by atoms with Gasteiger partial charge in [0.2, 0.25) is 21.1 Å². The van der Waals surface area contributed by atoms with Crippen molar-refractivity contribution in [3.63, 3.8) is 0 Å². The Hall–Kier alpha value is -2.76. The van der Waals surface area contributed by atoms with Crippen LogP contribution >= 0.6 is 11.8 Å². The quantitative estimate of drug-likeness (QED) is 0.540. The van der Waals surface area contributed by atoms with E-state index in [1.54, 1.807) is 23.7 Å². The second kappa shape index (κ2) is 9.16. The number of hydrogen-bond acceptors (Lipinski definition) is 7. The van der Waals surface area contributed by atoms with Crippen molar-refractivity contribution in [2.75, 3.05) is 19.4 Å². The molecule has 1 amide bonds. The third-order valence-corrected chi connectivity index (χ3v) is 7.62. The van der Waals surface area contributed by atoms with Crippen molar-refractivity contribution in [2.24, 2.45) is 0 Å². The first-order valence-corrected chi connectivity index (χ1v) is 11.8. The monoisotopic (exact) mass is 460 g/mol. The van der Waals surface area contributed by atoms with Gasteiger partial charge in [-0.1, -0.05) is 30.0 Å². The minimum absolute atomic E-state index is 0.106. The molecule has 1 atom stereocenters. The third-order valence-electron chi connectivity index (χ3n) is 4.78. The van der Waals surface area contributed by atoms with E-state index in [-0.39, 0.29) is 10.8 Å². The number of carbonyl (C=O) groups excluding carboxylic acids is 1. The average molecular weight is 461 g/mol. The zero-order valence-electron chi connectivity index (χ0n) is 17.9. The molecule has 0 saturated carbocycles. The molecule has 1 heterocycles. The van der Waals surface area contributed by atoms with Crippen LogP contribution in [0.3, 0.4) is 0 Å². The Bertz CT molecular complexity index is 1210. The summed E-state index contributed by atoms with van der Waals surface area (Å²) >= 11 is 1.22. The van der Waals surface area contributed by atoms with Gasteiger partial charge >= 0.3 is 0 Å². The van der Waals surface area contributed by atoms with E-state index in [1.807, 2.05) is 32.0 Å². The van der Waals surface area contributed by atoms with Gasteiger partial charge in [0, 0.05) is 19.8 Å². The molecular weight excluding hydrogens is 436 g/mol. The van der Waals surface area contributed by atoms with Crippen molar-refractivity contribution < 1.29 is 13.2 Å². The molecule has 9 nitrogen and oxygen atoms in total. The summed E-state index contributed by atoms with van der Waals surface area (Å²) in [6.45, 7) is 5.74. The fourth-order valence-electron chi connectivity index (χ4n) is 2.77. The van der Waals surface area contributed by atoms with E-state index in [2.05, 4.69) is 20.8 Å². The predicted molar refractivity (Wildman–Crippen MR) is 120 cm³/mol. The lowest BCUT2D eigenvalue weighted by Crippen LogP contribution is -2.24. The maximum absolute atomic E-state index is 12.7. The molecule has 0 aliphatic carbocycles. The first-order chi connectivity index (χ1) is 14.6. The topological polar surface area (TPSA) is 110 Å². The number of thioether (sulfide) groups is 1. The molecular formula is C20H24N6O3S2. The van der Waals surface area contributed by atoms with Crippen LogP contribution in [0.2, 0.25) is 0 Å². The number of aryl methyl sites for hydroxylation is 1. The first kappa shape index (κ1) is 22.9. The molecule has 1 aromatic heterocycles. The molecule has 0 radical (unpaired) electrons. The smallest absolute Gasteiger partial charge is 0.242 e. The van der Waals surface area contributed by atoms with E-state index >= 15 is 0 Å². The van der Waals surface area contributed by atoms with Crippen molar-refractivity contribution in [1.29, 1.82) is 0 Å². The van der Waals surface area contributed by atoms with Crippen molar-refractivity contribution >= 4 is 33.4 Å². The van der Waals surface area contributed by atoms with E-state index in [4.69, 9.17) is 0 Å². The summed E-state index contributed by atoms with van der Waals surface area (Å²) in [5.41, 5.74) is 3.41. The van der Waals surface area contributed by atoms with Gasteiger partial charge in [0.05, 0.1) is 15.8 Å². The Morgan fingerprint density at radius 1 is 1.16 bits per heavy atom. The fraction of sp³-hybridized carbons (Fsp3) is 0.300. The van der Waals surface area contributed by atoms with Crippen LogP contribution in [0, 0.1) is 13.8 Å². The Labute approximate surface area is 185 Å². The molecule has 0 bridgehead atoms. The number of sulfonamides is 1. The van der Waals surface area contributed by atoms with E-state index in [0.717, 1.165) is 21.1 Å². The average Bonchev–Trinajstić information content (AvgIpc) is 3.17. The normalized spacial score (nSPS) is 12.7. The molecule has 1 N–H and O–H groups in total. The Balaban J connectivity index is 1.76. The number of benzene rings is 2. The standard InChI is InChI=1S/C20H24N6O3S2/c1-13-8-6-11-18(14(13)2)26-20(22-23-24-26)30-15(3)19(27)21-16-9-7-10-17(12-16)31(28,29)25(4)5/h6-12,15H,1-5H3,(H,21,27). The van der Waals surface area contributed by atoms with Crippen molar-refractivity contribution in [3.8, 4) is 5.69 Å². The number of carbonyl (C=O) groups is 1. The van der Waals surface area contributed by atoms with Crippen LogP contribution in [0.25, 0.3) is 5.69 Å². The van der Waals surface area contributed by atoms with Gasteiger partial charge in [-0.2, -0.15) is 4.68 Å². The van der Waals surface area contributed by atoms with E-state index < -0.39 is 15.3 Å². The molecule has 0 spiro atoms. The molecule has 1 unspecified atom stereocenters. The van der Waals surface area contributed by atoms with Gasteiger partial charge in [-0.15, -0.1) is 5.10 Å². The van der Waals surface area contributed by atoms with Gasteiger partial charge in [0.25, 0.3) is 0 Å². The molecule has 164 valence electrons. The highest BCUT2D eigenvalue weighted by atomic mass is 32.2. The van der Waals surface area contributed by atoms with Gasteiger partial charge in [0.15, 0.2) is 0 Å². The molecule has 0 aliphatic heterocycles. The highest BCUT2D eigenvalue weighted by molar-refractivity contribution is 8.00. The molecule has 2 aromatic carbocycles. The summed E-state index contributed by atoms with van der Waals surface area (Å²) in [5, 5.41) is 14.6. The lowest BCUT2D eigenvalue weighted by atomic mass is 10.1. The summed E-state index contributed by atoms with van der Waals surface area (Å²) in [6.07, 6.45) is 0. The predicted octanol–water partition coefficient (Wildman–Crippen LogP) is 2.65. The Morgan fingerprint density at radius 3 is 2.58 bits per heavy atom. The van der Waals surface area contributed by atoms with Gasteiger partial charge in [0.1, 0.15) is 0 Å². The van der Waals surface area contributed by atoms with Gasteiger partial charge in [-0.05, 0) is 66.6 Å². The van der Waals surface area contributed by atoms with Crippen molar-refractivity contribution in [2.45, 2.75) is 36.1 Å². The SMILES string of the molecule is Cc1cccc(-n2nnnc2SC(C)C(=O)Nc2cccc(S(=O)(=O)N(C)C)c2)c1C. The van der Waals surface area contributed by atoms with Gasteiger partial charge < -0.3 is 5.32 Å². The van der Waals surface area contributed by atoms with E-state index in [0.29, 0.717) is 10.8 Å². The maximum Gasteiger partial charge on any atom is 0.242 e. The largest absolute Gasteiger partial charge is 0.325 e. The molecule has 0 saturated heterocycles. The molecule has 3 aromatic rings. The minimum Gasteiger partial charge on any atom is -0.325 e. The number of tetrazole rings is 1. The Kier molecular flexibility index (Phi) is 6.77. The molecule has 3 rings (SSSR count). The zero-order valence-corrected chi connectivity index (χ0v) is 19.5. The molecule has 0 fully saturated rings. The van der Waals surface area contributed by atoms with Crippen LogP contribution in [-0.2, 0) is 14.8 Å². The van der Waals surface area contributed by atoms with Gasteiger partial charge in [-0.3, -0.25) is 4.79 Å². The molecule has 31 heavy (non-hydrogen) atoms. The van der Waals surface area contributed by atoms with Crippen LogP contribution in [0.15, 0.2) is 52.5 Å². The van der Waals surface area contributed by atoms with E-state index in [1.165, 1.54) is 38.0 Å². The highest BCUT2D eigenvalue weighted by Crippen LogP contribution is 2.26. The maximum atomic E-state index is 12.7.